The molecule has 14 heavy (non-hydrogen) atoms. The molecule has 0 unspecified atom stereocenters. The third-order valence-electron chi connectivity index (χ3n) is 2.18. The number of phenolic OH excluding ortho intramolecular Hbond substituents is 1. The lowest BCUT2D eigenvalue weighted by molar-refractivity contribution is 0.377. The molecule has 1 N–H and O–H groups in total. The summed E-state index contributed by atoms with van der Waals surface area (Å²) in [6.45, 7) is 6.47. The molecule has 0 radical (unpaired) electrons. The number of rotatable bonds is 2. The van der Waals surface area contributed by atoms with Crippen LogP contribution in [-0.4, -0.2) is 5.11 Å². The molecule has 0 atom stereocenters. The van der Waals surface area contributed by atoms with Gasteiger partial charge in [0.1, 0.15) is 0 Å². The molecule has 1 nitrogen and oxygen atoms in total. The lowest BCUT2D eigenvalue weighted by atomic mass is 9.89. The summed E-state index contributed by atoms with van der Waals surface area (Å²) >= 11 is 0. The second-order valence-corrected chi connectivity index (χ2v) is 4.85. The first-order valence-electron chi connectivity index (χ1n) is 4.86. The van der Waals surface area contributed by atoms with Gasteiger partial charge >= 0.3 is 0 Å². The van der Waals surface area contributed by atoms with E-state index < -0.39 is 5.82 Å². The van der Waals surface area contributed by atoms with Crippen molar-refractivity contribution in [2.45, 2.75) is 33.6 Å². The summed E-state index contributed by atoms with van der Waals surface area (Å²) in [4.78, 5) is 0. The maximum Gasteiger partial charge on any atom is 0.165 e. The van der Waals surface area contributed by atoms with E-state index in [4.69, 9.17) is 5.11 Å². The van der Waals surface area contributed by atoms with Gasteiger partial charge in [-0.1, -0.05) is 26.8 Å². The Hall–Kier alpha value is -1.05. The average molecular weight is 196 g/mol. The molecule has 0 spiro atoms. The van der Waals surface area contributed by atoms with E-state index in [0.717, 1.165) is 18.4 Å². The lowest BCUT2D eigenvalue weighted by Crippen LogP contribution is -2.06. The third-order valence-corrected chi connectivity index (χ3v) is 2.18. The highest BCUT2D eigenvalue weighted by molar-refractivity contribution is 5.28. The second kappa shape index (κ2) is 3.99. The highest BCUT2D eigenvalue weighted by Crippen LogP contribution is 2.23. The van der Waals surface area contributed by atoms with Gasteiger partial charge in [-0.3, -0.25) is 0 Å². The van der Waals surface area contributed by atoms with Crippen LogP contribution >= 0.6 is 0 Å². The largest absolute Gasteiger partial charge is 0.505 e. The van der Waals surface area contributed by atoms with Crippen molar-refractivity contribution in [2.75, 3.05) is 0 Å². The fourth-order valence-corrected chi connectivity index (χ4v) is 1.23. The van der Waals surface area contributed by atoms with E-state index in [-0.39, 0.29) is 11.2 Å². The van der Waals surface area contributed by atoms with Crippen LogP contribution in [0.5, 0.6) is 5.75 Å². The maximum absolute atomic E-state index is 12.9. The van der Waals surface area contributed by atoms with Gasteiger partial charge in [0, 0.05) is 0 Å². The molecule has 0 fully saturated rings. The van der Waals surface area contributed by atoms with Crippen LogP contribution in [0, 0.1) is 11.2 Å². The summed E-state index contributed by atoms with van der Waals surface area (Å²) in [5.74, 6) is -0.805. The Bertz CT molecular complexity index is 313. The minimum Gasteiger partial charge on any atom is -0.505 e. The van der Waals surface area contributed by atoms with Crippen molar-refractivity contribution < 1.29 is 9.50 Å². The molecule has 0 aliphatic heterocycles. The van der Waals surface area contributed by atoms with Crippen LogP contribution in [-0.2, 0) is 6.42 Å². The zero-order chi connectivity index (χ0) is 10.8. The third kappa shape index (κ3) is 3.36. The normalized spacial score (nSPS) is 11.7. The van der Waals surface area contributed by atoms with Crippen LogP contribution < -0.4 is 0 Å². The minimum absolute atomic E-state index is 0.258. The molecule has 0 amide bonds. The summed E-state index contributed by atoms with van der Waals surface area (Å²) in [5, 5.41) is 9.00. The predicted molar refractivity (Wildman–Crippen MR) is 55.8 cm³/mol. The van der Waals surface area contributed by atoms with Gasteiger partial charge in [0.2, 0.25) is 0 Å². The fourth-order valence-electron chi connectivity index (χ4n) is 1.23. The number of halogens is 1. The molecule has 0 aliphatic carbocycles. The number of phenols is 1. The molecule has 0 aliphatic rings. The molecule has 0 aromatic heterocycles. The standard InChI is InChI=1S/C12H17FO/c1-12(2,3)7-6-9-4-5-11(14)10(13)8-9/h4-5,8,14H,6-7H2,1-3H3. The van der Waals surface area contributed by atoms with Crippen molar-refractivity contribution in [3.8, 4) is 5.75 Å². The average Bonchev–Trinajstić information content (AvgIpc) is 2.06. The topological polar surface area (TPSA) is 20.2 Å². The Balaban J connectivity index is 2.65. The highest BCUT2D eigenvalue weighted by atomic mass is 19.1. The summed E-state index contributed by atoms with van der Waals surface area (Å²) in [7, 11) is 0. The summed E-state index contributed by atoms with van der Waals surface area (Å²) in [6, 6.07) is 4.58. The van der Waals surface area contributed by atoms with Crippen molar-refractivity contribution in [1.82, 2.24) is 0 Å². The van der Waals surface area contributed by atoms with Crippen LogP contribution in [0.4, 0.5) is 4.39 Å². The fraction of sp³-hybridized carbons (Fsp3) is 0.500. The van der Waals surface area contributed by atoms with Gasteiger partial charge in [0.25, 0.3) is 0 Å². The summed E-state index contributed by atoms with van der Waals surface area (Å²) in [5.41, 5.74) is 1.20. The first-order chi connectivity index (χ1) is 6.38. The van der Waals surface area contributed by atoms with E-state index in [9.17, 15) is 4.39 Å². The molecule has 1 rings (SSSR count). The second-order valence-electron chi connectivity index (χ2n) is 4.85. The van der Waals surface area contributed by atoms with Gasteiger partial charge in [-0.05, 0) is 36.0 Å². The Morgan fingerprint density at radius 2 is 1.93 bits per heavy atom. The van der Waals surface area contributed by atoms with Gasteiger partial charge < -0.3 is 5.11 Å². The van der Waals surface area contributed by atoms with Gasteiger partial charge in [0.05, 0.1) is 0 Å². The molecule has 0 bridgehead atoms. The molecule has 2 heteroatoms. The first kappa shape index (κ1) is 11.0. The number of benzene rings is 1. The van der Waals surface area contributed by atoms with E-state index in [1.165, 1.54) is 12.1 Å². The van der Waals surface area contributed by atoms with Crippen LogP contribution in [0.25, 0.3) is 0 Å². The van der Waals surface area contributed by atoms with Crippen LogP contribution in [0.2, 0.25) is 0 Å². The molecule has 0 heterocycles. The Labute approximate surface area is 84.6 Å². The van der Waals surface area contributed by atoms with Gasteiger partial charge in [-0.15, -0.1) is 0 Å². The van der Waals surface area contributed by atoms with Crippen molar-refractivity contribution in [1.29, 1.82) is 0 Å². The Morgan fingerprint density at radius 3 is 2.43 bits per heavy atom. The first-order valence-corrected chi connectivity index (χ1v) is 4.86. The van der Waals surface area contributed by atoms with E-state index >= 15 is 0 Å². The molecule has 0 saturated carbocycles. The Kier molecular flexibility index (Phi) is 3.14. The van der Waals surface area contributed by atoms with Gasteiger partial charge in [-0.2, -0.15) is 0 Å². The zero-order valence-corrected chi connectivity index (χ0v) is 8.97. The van der Waals surface area contributed by atoms with Crippen molar-refractivity contribution in [3.05, 3.63) is 29.6 Å². The smallest absolute Gasteiger partial charge is 0.165 e. The molecule has 1 aromatic rings. The van der Waals surface area contributed by atoms with E-state index in [2.05, 4.69) is 20.8 Å². The van der Waals surface area contributed by atoms with Crippen molar-refractivity contribution in [3.63, 3.8) is 0 Å². The van der Waals surface area contributed by atoms with Crippen LogP contribution in [0.3, 0.4) is 0 Å². The zero-order valence-electron chi connectivity index (χ0n) is 8.97. The van der Waals surface area contributed by atoms with Crippen LogP contribution in [0.1, 0.15) is 32.8 Å². The predicted octanol–water partition coefficient (Wildman–Crippen LogP) is 3.51. The van der Waals surface area contributed by atoms with Crippen LogP contribution in [0.15, 0.2) is 18.2 Å². The number of hydrogen-bond donors (Lipinski definition) is 1. The molecular weight excluding hydrogens is 179 g/mol. The van der Waals surface area contributed by atoms with E-state index in [0.29, 0.717) is 0 Å². The van der Waals surface area contributed by atoms with Gasteiger partial charge in [0.15, 0.2) is 11.6 Å². The molecular formula is C12H17FO. The number of aryl methyl sites for hydroxylation is 1. The van der Waals surface area contributed by atoms with E-state index in [1.807, 2.05) is 0 Å². The Morgan fingerprint density at radius 1 is 1.29 bits per heavy atom. The van der Waals surface area contributed by atoms with Gasteiger partial charge in [-0.25, -0.2) is 4.39 Å². The minimum atomic E-state index is -0.531. The van der Waals surface area contributed by atoms with Crippen molar-refractivity contribution >= 4 is 0 Å². The number of aromatic hydroxyl groups is 1. The molecule has 1 aromatic carbocycles. The monoisotopic (exact) mass is 196 g/mol. The van der Waals surface area contributed by atoms with E-state index in [1.54, 1.807) is 6.07 Å². The summed E-state index contributed by atoms with van der Waals surface area (Å²) in [6.07, 6.45) is 1.86. The number of hydrogen-bond acceptors (Lipinski definition) is 1. The highest BCUT2D eigenvalue weighted by Gasteiger charge is 2.10. The quantitative estimate of drug-likeness (QED) is 0.767. The van der Waals surface area contributed by atoms with Crippen molar-refractivity contribution in [2.24, 2.45) is 5.41 Å². The molecule has 78 valence electrons. The SMILES string of the molecule is CC(C)(C)CCc1ccc(O)c(F)c1. The molecule has 0 saturated heterocycles. The maximum atomic E-state index is 12.9. The summed E-state index contributed by atoms with van der Waals surface area (Å²) < 4.78 is 12.9. The lowest BCUT2D eigenvalue weighted by Gasteiger charge is -2.17.